The largest absolute Gasteiger partial charge is 0.465 e. The first-order valence-electron chi connectivity index (χ1n) is 11.6. The molecule has 0 radical (unpaired) electrons. The SMILES string of the molecule is COC(=O)c1cccc(-c2cccc(-c3cc(C(F)(F)F)c(C#N)c(=O)n3Cc3ccc(C)cc3C)c2)c1. The maximum absolute atomic E-state index is 13.9. The van der Waals surface area contributed by atoms with Gasteiger partial charge in [0.05, 0.1) is 30.5 Å². The summed E-state index contributed by atoms with van der Waals surface area (Å²) in [4.78, 5) is 25.3. The number of alkyl halides is 3. The van der Waals surface area contributed by atoms with Gasteiger partial charge in [0.2, 0.25) is 0 Å². The van der Waals surface area contributed by atoms with Crippen molar-refractivity contribution in [2.24, 2.45) is 0 Å². The van der Waals surface area contributed by atoms with E-state index in [0.29, 0.717) is 22.3 Å². The van der Waals surface area contributed by atoms with Crippen LogP contribution in [0.25, 0.3) is 22.4 Å². The number of aryl methyl sites for hydroxylation is 2. The van der Waals surface area contributed by atoms with Crippen LogP contribution in [-0.4, -0.2) is 17.6 Å². The fourth-order valence-electron chi connectivity index (χ4n) is 4.37. The number of nitriles is 1. The average molecular weight is 517 g/mol. The van der Waals surface area contributed by atoms with Crippen molar-refractivity contribution in [3.8, 4) is 28.5 Å². The van der Waals surface area contributed by atoms with E-state index in [1.54, 1.807) is 48.5 Å². The van der Waals surface area contributed by atoms with Crippen molar-refractivity contribution in [2.45, 2.75) is 26.6 Å². The molecule has 3 aromatic carbocycles. The molecule has 0 saturated carbocycles. The summed E-state index contributed by atoms with van der Waals surface area (Å²) in [6.07, 6.45) is -4.90. The molecule has 0 aliphatic rings. The Bertz CT molecular complexity index is 1650. The molecule has 38 heavy (non-hydrogen) atoms. The molecule has 0 aliphatic carbocycles. The maximum Gasteiger partial charge on any atom is 0.417 e. The highest BCUT2D eigenvalue weighted by Gasteiger charge is 2.36. The molecule has 0 amide bonds. The monoisotopic (exact) mass is 516 g/mol. The Morgan fingerprint density at radius 2 is 1.61 bits per heavy atom. The van der Waals surface area contributed by atoms with E-state index >= 15 is 0 Å². The van der Waals surface area contributed by atoms with Gasteiger partial charge in [-0.15, -0.1) is 0 Å². The van der Waals surface area contributed by atoms with Gasteiger partial charge in [-0.2, -0.15) is 18.4 Å². The van der Waals surface area contributed by atoms with E-state index in [0.717, 1.165) is 22.8 Å². The first-order valence-corrected chi connectivity index (χ1v) is 11.6. The van der Waals surface area contributed by atoms with Crippen molar-refractivity contribution in [3.63, 3.8) is 0 Å². The molecule has 0 bridgehead atoms. The standard InChI is InChI=1S/C30H23F3N2O3/c1-18-10-11-24(19(2)12-18)17-35-27(15-26(30(31,32)33)25(16-34)28(35)36)22-8-4-6-20(13-22)21-7-5-9-23(14-21)29(37)38-3/h4-15H,17H2,1-3H3. The summed E-state index contributed by atoms with van der Waals surface area (Å²) in [6.45, 7) is 3.76. The van der Waals surface area contributed by atoms with Crippen LogP contribution in [-0.2, 0) is 17.5 Å². The topological polar surface area (TPSA) is 72.1 Å². The molecule has 192 valence electrons. The third-order valence-electron chi connectivity index (χ3n) is 6.32. The zero-order valence-corrected chi connectivity index (χ0v) is 20.9. The zero-order valence-electron chi connectivity index (χ0n) is 20.9. The molecular weight excluding hydrogens is 493 g/mol. The van der Waals surface area contributed by atoms with Crippen LogP contribution in [0.5, 0.6) is 0 Å². The normalized spacial score (nSPS) is 11.2. The number of halogens is 3. The van der Waals surface area contributed by atoms with Crippen LogP contribution in [0, 0.1) is 25.2 Å². The second kappa shape index (κ2) is 10.4. The van der Waals surface area contributed by atoms with Crippen LogP contribution < -0.4 is 5.56 Å². The zero-order chi connectivity index (χ0) is 27.6. The van der Waals surface area contributed by atoms with E-state index in [-0.39, 0.29) is 12.2 Å². The lowest BCUT2D eigenvalue weighted by Gasteiger charge is -2.19. The minimum absolute atomic E-state index is 0.0187. The quantitative estimate of drug-likeness (QED) is 0.283. The van der Waals surface area contributed by atoms with E-state index in [9.17, 15) is 28.0 Å². The van der Waals surface area contributed by atoms with Crippen LogP contribution in [0.2, 0.25) is 0 Å². The third-order valence-corrected chi connectivity index (χ3v) is 6.32. The van der Waals surface area contributed by atoms with E-state index in [4.69, 9.17) is 4.74 Å². The van der Waals surface area contributed by atoms with E-state index in [1.807, 2.05) is 32.0 Å². The predicted octanol–water partition coefficient (Wildman–Crippen LogP) is 6.52. The van der Waals surface area contributed by atoms with Crippen molar-refractivity contribution in [1.29, 1.82) is 5.26 Å². The fraction of sp³-hybridized carbons (Fsp3) is 0.167. The van der Waals surface area contributed by atoms with Crippen molar-refractivity contribution < 1.29 is 22.7 Å². The van der Waals surface area contributed by atoms with Gasteiger partial charge < -0.3 is 9.30 Å². The molecule has 4 rings (SSSR count). The molecule has 0 spiro atoms. The Hall–Kier alpha value is -4.64. The number of hydrogen-bond acceptors (Lipinski definition) is 4. The Morgan fingerprint density at radius 3 is 2.24 bits per heavy atom. The van der Waals surface area contributed by atoms with Gasteiger partial charge in [-0.1, -0.05) is 54.1 Å². The van der Waals surface area contributed by atoms with Crippen molar-refractivity contribution in [1.82, 2.24) is 4.57 Å². The number of benzene rings is 3. The van der Waals surface area contributed by atoms with Crippen molar-refractivity contribution in [3.05, 3.63) is 117 Å². The fourth-order valence-corrected chi connectivity index (χ4v) is 4.37. The van der Waals surface area contributed by atoms with Crippen LogP contribution in [0.1, 0.15) is 38.2 Å². The number of ether oxygens (including phenoxy) is 1. The lowest BCUT2D eigenvalue weighted by Crippen LogP contribution is -2.29. The number of hydrogen-bond donors (Lipinski definition) is 0. The summed E-state index contributed by atoms with van der Waals surface area (Å²) >= 11 is 0. The van der Waals surface area contributed by atoms with Gasteiger partial charge >= 0.3 is 12.1 Å². The molecule has 4 aromatic rings. The van der Waals surface area contributed by atoms with E-state index in [1.165, 1.54) is 17.7 Å². The molecule has 0 N–H and O–H groups in total. The summed E-state index contributed by atoms with van der Waals surface area (Å²) in [5, 5.41) is 9.49. The van der Waals surface area contributed by atoms with Crippen LogP contribution in [0.4, 0.5) is 13.2 Å². The summed E-state index contributed by atoms with van der Waals surface area (Å²) < 4.78 is 47.8. The number of pyridine rings is 1. The molecule has 0 atom stereocenters. The number of carbonyl (C=O) groups is 1. The molecule has 0 aliphatic heterocycles. The minimum atomic E-state index is -4.90. The average Bonchev–Trinajstić information content (AvgIpc) is 2.90. The highest BCUT2D eigenvalue weighted by Crippen LogP contribution is 2.35. The lowest BCUT2D eigenvalue weighted by molar-refractivity contribution is -0.137. The lowest BCUT2D eigenvalue weighted by atomic mass is 9.98. The number of methoxy groups -OCH3 is 1. The number of carbonyl (C=O) groups excluding carboxylic acids is 1. The van der Waals surface area contributed by atoms with Crippen molar-refractivity contribution >= 4 is 5.97 Å². The second-order valence-electron chi connectivity index (χ2n) is 8.90. The molecule has 1 heterocycles. The molecule has 5 nitrogen and oxygen atoms in total. The number of nitrogens with zero attached hydrogens (tertiary/aromatic N) is 2. The molecule has 1 aromatic heterocycles. The number of aromatic nitrogens is 1. The Kier molecular flexibility index (Phi) is 7.22. The van der Waals surface area contributed by atoms with E-state index < -0.39 is 28.8 Å². The summed E-state index contributed by atoms with van der Waals surface area (Å²) in [7, 11) is 1.27. The highest BCUT2D eigenvalue weighted by atomic mass is 19.4. The van der Waals surface area contributed by atoms with Gasteiger partial charge in [0.1, 0.15) is 11.6 Å². The Labute approximate surface area is 217 Å². The highest BCUT2D eigenvalue weighted by molar-refractivity contribution is 5.91. The third kappa shape index (κ3) is 5.23. The van der Waals surface area contributed by atoms with E-state index in [2.05, 4.69) is 0 Å². The van der Waals surface area contributed by atoms with Crippen LogP contribution in [0.3, 0.4) is 0 Å². The predicted molar refractivity (Wildman–Crippen MR) is 138 cm³/mol. The molecule has 8 heteroatoms. The first kappa shape index (κ1) is 26.4. The van der Waals surface area contributed by atoms with Gasteiger partial charge in [0.25, 0.3) is 5.56 Å². The van der Waals surface area contributed by atoms with Crippen molar-refractivity contribution in [2.75, 3.05) is 7.11 Å². The van der Waals surface area contributed by atoms with Gasteiger partial charge in [0.15, 0.2) is 0 Å². The van der Waals surface area contributed by atoms with Gasteiger partial charge in [-0.3, -0.25) is 4.79 Å². The molecular formula is C30H23F3N2O3. The van der Waals surface area contributed by atoms with Crippen LogP contribution >= 0.6 is 0 Å². The smallest absolute Gasteiger partial charge is 0.417 e. The molecule has 0 saturated heterocycles. The summed E-state index contributed by atoms with van der Waals surface area (Å²) in [6, 6.07) is 21.2. The van der Waals surface area contributed by atoms with Gasteiger partial charge in [0, 0.05) is 0 Å². The Balaban J connectivity index is 1.95. The van der Waals surface area contributed by atoms with Gasteiger partial charge in [-0.25, -0.2) is 4.79 Å². The molecule has 0 unspecified atom stereocenters. The maximum atomic E-state index is 13.9. The number of rotatable bonds is 5. The van der Waals surface area contributed by atoms with Crippen LogP contribution in [0.15, 0.2) is 77.6 Å². The first-order chi connectivity index (χ1) is 18.0. The molecule has 0 fully saturated rings. The number of esters is 1. The summed E-state index contributed by atoms with van der Waals surface area (Å²) in [5.74, 6) is -0.521. The minimum Gasteiger partial charge on any atom is -0.465 e. The Morgan fingerprint density at radius 1 is 0.947 bits per heavy atom. The van der Waals surface area contributed by atoms with Gasteiger partial charge in [-0.05, 0) is 65.9 Å². The summed E-state index contributed by atoms with van der Waals surface area (Å²) in [5.41, 5.74) is 1.32. The second-order valence-corrected chi connectivity index (χ2v) is 8.90.